The number of hydrogen-bond acceptors (Lipinski definition) is 4. The van der Waals surface area contributed by atoms with Gasteiger partial charge < -0.3 is 20.1 Å². The second-order valence-corrected chi connectivity index (χ2v) is 5.08. The number of carbonyl (C=O) groups excluding carboxylic acids is 1. The van der Waals surface area contributed by atoms with E-state index >= 15 is 0 Å². The average Bonchev–Trinajstić information content (AvgIpc) is 3.28. The molecular weight excluding hydrogens is 256 g/mol. The van der Waals surface area contributed by atoms with Gasteiger partial charge in [-0.15, -0.1) is 0 Å². The summed E-state index contributed by atoms with van der Waals surface area (Å²) in [5.41, 5.74) is 6.85. The lowest BCUT2D eigenvalue weighted by Crippen LogP contribution is -2.33. The van der Waals surface area contributed by atoms with Gasteiger partial charge in [0.25, 0.3) is 5.91 Å². The normalized spacial score (nSPS) is 13.9. The predicted octanol–water partition coefficient (Wildman–Crippen LogP) is 2.16. The molecule has 5 nitrogen and oxygen atoms in total. The number of benzene rings is 1. The summed E-state index contributed by atoms with van der Waals surface area (Å²) in [7, 11) is 3.09. The standard InChI is InChI=1S/C15H22N2O3/c1-4-17(9-10-5-6-10)15(18)12-7-11(19-2)8-13(20-3)14(12)16/h7-8,10H,4-6,9,16H2,1-3H3. The zero-order chi connectivity index (χ0) is 14.7. The Hall–Kier alpha value is -1.91. The van der Waals surface area contributed by atoms with Crippen LogP contribution in [-0.4, -0.2) is 38.1 Å². The van der Waals surface area contributed by atoms with Gasteiger partial charge in [-0.3, -0.25) is 4.79 Å². The third-order valence-electron chi connectivity index (χ3n) is 3.65. The highest BCUT2D eigenvalue weighted by Gasteiger charge is 2.28. The molecule has 20 heavy (non-hydrogen) atoms. The molecule has 1 aromatic rings. The smallest absolute Gasteiger partial charge is 0.256 e. The van der Waals surface area contributed by atoms with Gasteiger partial charge in [-0.25, -0.2) is 0 Å². The number of amides is 1. The Kier molecular flexibility index (Phi) is 4.37. The number of nitrogens with zero attached hydrogens (tertiary/aromatic N) is 1. The van der Waals surface area contributed by atoms with Crippen LogP contribution in [0.25, 0.3) is 0 Å². The van der Waals surface area contributed by atoms with E-state index in [2.05, 4.69) is 0 Å². The third-order valence-corrected chi connectivity index (χ3v) is 3.65. The van der Waals surface area contributed by atoms with E-state index in [0.717, 1.165) is 6.54 Å². The van der Waals surface area contributed by atoms with Crippen LogP contribution >= 0.6 is 0 Å². The van der Waals surface area contributed by atoms with E-state index in [4.69, 9.17) is 15.2 Å². The molecule has 1 aromatic carbocycles. The summed E-state index contributed by atoms with van der Waals surface area (Å²) in [5.74, 6) is 1.62. The van der Waals surface area contributed by atoms with Gasteiger partial charge in [-0.1, -0.05) is 0 Å². The number of nitrogen functional groups attached to an aromatic ring is 1. The molecule has 0 atom stereocenters. The van der Waals surface area contributed by atoms with Crippen LogP contribution in [0, 0.1) is 5.92 Å². The maximum absolute atomic E-state index is 12.6. The number of ether oxygens (including phenoxy) is 2. The minimum atomic E-state index is -0.0610. The van der Waals surface area contributed by atoms with E-state index in [1.165, 1.54) is 20.0 Å². The first kappa shape index (κ1) is 14.5. The van der Waals surface area contributed by atoms with Crippen LogP contribution in [-0.2, 0) is 0 Å². The molecule has 0 spiro atoms. The molecule has 1 amide bonds. The molecular formula is C15H22N2O3. The Balaban J connectivity index is 2.31. The summed E-state index contributed by atoms with van der Waals surface area (Å²) in [5, 5.41) is 0. The van der Waals surface area contributed by atoms with Crippen molar-refractivity contribution in [2.24, 2.45) is 5.92 Å². The van der Waals surface area contributed by atoms with Crippen molar-refractivity contribution < 1.29 is 14.3 Å². The highest BCUT2D eigenvalue weighted by Crippen LogP contribution is 2.33. The monoisotopic (exact) mass is 278 g/mol. The average molecular weight is 278 g/mol. The van der Waals surface area contributed by atoms with Gasteiger partial charge in [-0.2, -0.15) is 0 Å². The molecule has 0 aromatic heterocycles. The number of hydrogen-bond donors (Lipinski definition) is 1. The molecule has 2 rings (SSSR count). The van der Waals surface area contributed by atoms with Crippen molar-refractivity contribution >= 4 is 11.6 Å². The number of methoxy groups -OCH3 is 2. The summed E-state index contributed by atoms with van der Waals surface area (Å²) >= 11 is 0. The van der Waals surface area contributed by atoms with Crippen LogP contribution in [0.5, 0.6) is 11.5 Å². The molecule has 0 heterocycles. The van der Waals surface area contributed by atoms with E-state index in [9.17, 15) is 4.79 Å². The zero-order valence-corrected chi connectivity index (χ0v) is 12.3. The zero-order valence-electron chi connectivity index (χ0n) is 12.3. The van der Waals surface area contributed by atoms with Gasteiger partial charge in [0.1, 0.15) is 11.5 Å². The Morgan fingerprint density at radius 1 is 1.35 bits per heavy atom. The summed E-state index contributed by atoms with van der Waals surface area (Å²) in [6.45, 7) is 3.45. The van der Waals surface area contributed by atoms with Gasteiger partial charge in [-0.05, 0) is 31.7 Å². The molecule has 1 aliphatic rings. The molecule has 0 aliphatic heterocycles. The second-order valence-electron chi connectivity index (χ2n) is 5.08. The molecule has 0 radical (unpaired) electrons. The van der Waals surface area contributed by atoms with Crippen molar-refractivity contribution in [3.05, 3.63) is 17.7 Å². The molecule has 1 saturated carbocycles. The van der Waals surface area contributed by atoms with Gasteiger partial charge in [0.15, 0.2) is 0 Å². The van der Waals surface area contributed by atoms with E-state index in [1.807, 2.05) is 11.8 Å². The largest absolute Gasteiger partial charge is 0.497 e. The van der Waals surface area contributed by atoms with Crippen LogP contribution < -0.4 is 15.2 Å². The quantitative estimate of drug-likeness (QED) is 0.810. The highest BCUT2D eigenvalue weighted by atomic mass is 16.5. The van der Waals surface area contributed by atoms with Gasteiger partial charge in [0.05, 0.1) is 25.5 Å². The molecule has 0 saturated heterocycles. The highest BCUT2D eigenvalue weighted by molar-refractivity contribution is 6.01. The Bertz CT molecular complexity index is 498. The van der Waals surface area contributed by atoms with E-state index in [0.29, 0.717) is 35.2 Å². The van der Waals surface area contributed by atoms with Gasteiger partial charge in [0, 0.05) is 19.2 Å². The van der Waals surface area contributed by atoms with Crippen molar-refractivity contribution in [1.29, 1.82) is 0 Å². The van der Waals surface area contributed by atoms with Crippen LogP contribution in [0.4, 0.5) is 5.69 Å². The number of nitrogens with two attached hydrogens (primary N) is 1. The van der Waals surface area contributed by atoms with Gasteiger partial charge >= 0.3 is 0 Å². The minimum absolute atomic E-state index is 0.0610. The number of rotatable bonds is 6. The first-order valence-electron chi connectivity index (χ1n) is 6.91. The molecule has 1 aliphatic carbocycles. The van der Waals surface area contributed by atoms with Crippen LogP contribution in [0.3, 0.4) is 0 Å². The summed E-state index contributed by atoms with van der Waals surface area (Å²) in [4.78, 5) is 14.5. The molecule has 2 N–H and O–H groups in total. The van der Waals surface area contributed by atoms with Crippen molar-refractivity contribution in [3.8, 4) is 11.5 Å². The number of carbonyl (C=O) groups is 1. The predicted molar refractivity (Wildman–Crippen MR) is 78.3 cm³/mol. The summed E-state index contributed by atoms with van der Waals surface area (Å²) in [6.07, 6.45) is 2.42. The fourth-order valence-corrected chi connectivity index (χ4v) is 2.20. The lowest BCUT2D eigenvalue weighted by molar-refractivity contribution is 0.0757. The maximum atomic E-state index is 12.6. The molecule has 110 valence electrons. The van der Waals surface area contributed by atoms with Gasteiger partial charge in [0.2, 0.25) is 0 Å². The summed E-state index contributed by atoms with van der Waals surface area (Å²) < 4.78 is 10.4. The van der Waals surface area contributed by atoms with E-state index in [-0.39, 0.29) is 5.91 Å². The Morgan fingerprint density at radius 2 is 2.05 bits per heavy atom. The van der Waals surface area contributed by atoms with Crippen LogP contribution in [0.15, 0.2) is 12.1 Å². The first-order chi connectivity index (χ1) is 9.60. The molecule has 5 heteroatoms. The van der Waals surface area contributed by atoms with Crippen LogP contribution in [0.1, 0.15) is 30.1 Å². The van der Waals surface area contributed by atoms with Crippen molar-refractivity contribution in [3.63, 3.8) is 0 Å². The fraction of sp³-hybridized carbons (Fsp3) is 0.533. The summed E-state index contributed by atoms with van der Waals surface area (Å²) in [6, 6.07) is 3.36. The fourth-order valence-electron chi connectivity index (χ4n) is 2.20. The first-order valence-corrected chi connectivity index (χ1v) is 6.91. The van der Waals surface area contributed by atoms with E-state index < -0.39 is 0 Å². The lowest BCUT2D eigenvalue weighted by atomic mass is 10.1. The molecule has 1 fully saturated rings. The second kappa shape index (κ2) is 6.03. The molecule has 0 unspecified atom stereocenters. The van der Waals surface area contributed by atoms with E-state index in [1.54, 1.807) is 19.2 Å². The van der Waals surface area contributed by atoms with Crippen LogP contribution in [0.2, 0.25) is 0 Å². The Morgan fingerprint density at radius 3 is 2.55 bits per heavy atom. The van der Waals surface area contributed by atoms with Crippen molar-refractivity contribution in [2.45, 2.75) is 19.8 Å². The maximum Gasteiger partial charge on any atom is 0.256 e. The SMILES string of the molecule is CCN(CC1CC1)C(=O)c1cc(OC)cc(OC)c1N. The Labute approximate surface area is 119 Å². The van der Waals surface area contributed by atoms with Crippen molar-refractivity contribution in [1.82, 2.24) is 4.90 Å². The number of anilines is 1. The topological polar surface area (TPSA) is 64.8 Å². The lowest BCUT2D eigenvalue weighted by Gasteiger charge is -2.22. The molecule has 0 bridgehead atoms. The minimum Gasteiger partial charge on any atom is -0.497 e. The third kappa shape index (κ3) is 2.98. The van der Waals surface area contributed by atoms with Crippen molar-refractivity contribution in [2.75, 3.05) is 33.0 Å².